The molecule has 3 nitrogen and oxygen atoms in total. The van der Waals surface area contributed by atoms with Crippen molar-refractivity contribution in [3.8, 4) is 11.5 Å². The van der Waals surface area contributed by atoms with Crippen molar-refractivity contribution < 1.29 is 9.47 Å². The molecule has 3 heteroatoms. The number of aryl methyl sites for hydroxylation is 1. The third-order valence-corrected chi connectivity index (χ3v) is 3.46. The molecule has 1 aliphatic heterocycles. The second-order valence-corrected chi connectivity index (χ2v) is 4.71. The molecule has 0 radical (unpaired) electrons. The SMILES string of the molecule is Cc1ccccc1C(N)c1cccc2c1OCCO2. The minimum absolute atomic E-state index is 0.196. The molecule has 0 amide bonds. The molecule has 0 spiro atoms. The van der Waals surface area contributed by atoms with Gasteiger partial charge in [-0.2, -0.15) is 0 Å². The van der Waals surface area contributed by atoms with Gasteiger partial charge in [0.25, 0.3) is 0 Å². The topological polar surface area (TPSA) is 44.5 Å². The van der Waals surface area contributed by atoms with Crippen LogP contribution < -0.4 is 15.2 Å². The largest absolute Gasteiger partial charge is 0.486 e. The second kappa shape index (κ2) is 4.94. The summed E-state index contributed by atoms with van der Waals surface area (Å²) in [4.78, 5) is 0. The maximum absolute atomic E-state index is 6.41. The lowest BCUT2D eigenvalue weighted by atomic mass is 9.95. The predicted octanol–water partition coefficient (Wildman–Crippen LogP) is 2.81. The van der Waals surface area contributed by atoms with E-state index in [1.807, 2.05) is 30.3 Å². The van der Waals surface area contributed by atoms with Gasteiger partial charge < -0.3 is 15.2 Å². The van der Waals surface area contributed by atoms with Gasteiger partial charge in [0, 0.05) is 5.56 Å². The first-order chi connectivity index (χ1) is 9.27. The zero-order valence-electron chi connectivity index (χ0n) is 10.9. The lowest BCUT2D eigenvalue weighted by Crippen LogP contribution is -2.20. The highest BCUT2D eigenvalue weighted by Crippen LogP contribution is 2.38. The van der Waals surface area contributed by atoms with Crippen molar-refractivity contribution in [1.82, 2.24) is 0 Å². The molecule has 3 rings (SSSR count). The van der Waals surface area contributed by atoms with Gasteiger partial charge >= 0.3 is 0 Å². The summed E-state index contributed by atoms with van der Waals surface area (Å²) in [5.41, 5.74) is 9.68. The van der Waals surface area contributed by atoms with Gasteiger partial charge in [0.1, 0.15) is 13.2 Å². The molecule has 1 atom stereocenters. The molecular formula is C16H17NO2. The average molecular weight is 255 g/mol. The van der Waals surface area contributed by atoms with Gasteiger partial charge in [0.2, 0.25) is 0 Å². The van der Waals surface area contributed by atoms with Gasteiger partial charge in [-0.15, -0.1) is 0 Å². The first kappa shape index (κ1) is 12.1. The predicted molar refractivity (Wildman–Crippen MR) is 74.6 cm³/mol. The molecule has 2 N–H and O–H groups in total. The van der Waals surface area contributed by atoms with Crippen LogP contribution in [-0.4, -0.2) is 13.2 Å². The summed E-state index contributed by atoms with van der Waals surface area (Å²) < 4.78 is 11.3. The number of ether oxygens (including phenoxy) is 2. The van der Waals surface area contributed by atoms with E-state index in [2.05, 4.69) is 19.1 Å². The van der Waals surface area contributed by atoms with E-state index in [0.717, 1.165) is 22.6 Å². The van der Waals surface area contributed by atoms with Crippen LogP contribution in [0.5, 0.6) is 11.5 Å². The van der Waals surface area contributed by atoms with E-state index in [0.29, 0.717) is 13.2 Å². The minimum atomic E-state index is -0.196. The standard InChI is InChI=1S/C16H17NO2/c1-11-5-2-3-6-12(11)15(17)13-7-4-8-14-16(13)19-10-9-18-14/h2-8,15H,9-10,17H2,1H3. The van der Waals surface area contributed by atoms with E-state index >= 15 is 0 Å². The van der Waals surface area contributed by atoms with Crippen LogP contribution in [0.3, 0.4) is 0 Å². The van der Waals surface area contributed by atoms with Crippen LogP contribution in [0.4, 0.5) is 0 Å². The maximum atomic E-state index is 6.41. The Morgan fingerprint density at radius 1 is 0.947 bits per heavy atom. The molecule has 0 saturated heterocycles. The van der Waals surface area contributed by atoms with E-state index < -0.39 is 0 Å². The summed E-state index contributed by atoms with van der Waals surface area (Å²) in [6.07, 6.45) is 0. The summed E-state index contributed by atoms with van der Waals surface area (Å²) >= 11 is 0. The number of hydrogen-bond acceptors (Lipinski definition) is 3. The zero-order chi connectivity index (χ0) is 13.2. The second-order valence-electron chi connectivity index (χ2n) is 4.71. The molecule has 0 aliphatic carbocycles. The smallest absolute Gasteiger partial charge is 0.166 e. The van der Waals surface area contributed by atoms with Crippen molar-refractivity contribution >= 4 is 0 Å². The Kier molecular flexibility index (Phi) is 3.13. The third kappa shape index (κ3) is 2.17. The fourth-order valence-electron chi connectivity index (χ4n) is 2.44. The minimum Gasteiger partial charge on any atom is -0.486 e. The van der Waals surface area contributed by atoms with Crippen molar-refractivity contribution in [2.75, 3.05) is 13.2 Å². The summed E-state index contributed by atoms with van der Waals surface area (Å²) in [5, 5.41) is 0. The molecule has 1 unspecified atom stereocenters. The molecule has 1 aliphatic rings. The Labute approximate surface area is 113 Å². The fourth-order valence-corrected chi connectivity index (χ4v) is 2.44. The maximum Gasteiger partial charge on any atom is 0.166 e. The van der Waals surface area contributed by atoms with E-state index in [-0.39, 0.29) is 6.04 Å². The van der Waals surface area contributed by atoms with Crippen LogP contribution in [0.2, 0.25) is 0 Å². The molecule has 2 aromatic rings. The highest BCUT2D eigenvalue weighted by atomic mass is 16.6. The molecule has 98 valence electrons. The molecular weight excluding hydrogens is 238 g/mol. The Bertz CT molecular complexity index is 595. The highest BCUT2D eigenvalue weighted by molar-refractivity contribution is 5.52. The lowest BCUT2D eigenvalue weighted by Gasteiger charge is -2.24. The number of para-hydroxylation sites is 1. The fraction of sp³-hybridized carbons (Fsp3) is 0.250. The number of benzene rings is 2. The van der Waals surface area contributed by atoms with Crippen molar-refractivity contribution in [3.05, 3.63) is 59.2 Å². The van der Waals surface area contributed by atoms with Crippen LogP contribution in [0.15, 0.2) is 42.5 Å². The molecule has 1 heterocycles. The Morgan fingerprint density at radius 2 is 1.68 bits per heavy atom. The Hall–Kier alpha value is -2.00. The summed E-state index contributed by atoms with van der Waals surface area (Å²) in [6.45, 7) is 3.24. The first-order valence-corrected chi connectivity index (χ1v) is 6.47. The number of fused-ring (bicyclic) bond motifs is 1. The zero-order valence-corrected chi connectivity index (χ0v) is 10.9. The van der Waals surface area contributed by atoms with Gasteiger partial charge in [0.15, 0.2) is 11.5 Å². The van der Waals surface area contributed by atoms with Crippen LogP contribution in [0, 0.1) is 6.92 Å². The summed E-state index contributed by atoms with van der Waals surface area (Å²) in [5.74, 6) is 1.57. The third-order valence-electron chi connectivity index (χ3n) is 3.46. The monoisotopic (exact) mass is 255 g/mol. The van der Waals surface area contributed by atoms with E-state index in [9.17, 15) is 0 Å². The molecule has 2 aromatic carbocycles. The lowest BCUT2D eigenvalue weighted by molar-refractivity contribution is 0.169. The summed E-state index contributed by atoms with van der Waals surface area (Å²) in [7, 11) is 0. The van der Waals surface area contributed by atoms with Gasteiger partial charge in [-0.3, -0.25) is 0 Å². The van der Waals surface area contributed by atoms with Gasteiger partial charge in [0.05, 0.1) is 6.04 Å². The van der Waals surface area contributed by atoms with Crippen molar-refractivity contribution in [1.29, 1.82) is 0 Å². The molecule has 0 fully saturated rings. The molecule has 0 saturated carbocycles. The molecule has 0 aromatic heterocycles. The number of rotatable bonds is 2. The van der Waals surface area contributed by atoms with Crippen LogP contribution in [0.1, 0.15) is 22.7 Å². The Balaban J connectivity index is 2.05. The number of hydrogen-bond donors (Lipinski definition) is 1. The molecule has 0 bridgehead atoms. The normalized spacial score (nSPS) is 15.1. The average Bonchev–Trinajstić information content (AvgIpc) is 2.46. The Morgan fingerprint density at radius 3 is 2.53 bits per heavy atom. The summed E-state index contributed by atoms with van der Waals surface area (Å²) in [6, 6.07) is 13.8. The highest BCUT2D eigenvalue weighted by Gasteiger charge is 2.21. The van der Waals surface area contributed by atoms with Crippen molar-refractivity contribution in [2.24, 2.45) is 5.73 Å². The van der Waals surface area contributed by atoms with E-state index in [4.69, 9.17) is 15.2 Å². The first-order valence-electron chi connectivity index (χ1n) is 6.47. The van der Waals surface area contributed by atoms with Gasteiger partial charge in [-0.05, 0) is 24.1 Å². The van der Waals surface area contributed by atoms with E-state index in [1.165, 1.54) is 5.56 Å². The van der Waals surface area contributed by atoms with Crippen LogP contribution in [0.25, 0.3) is 0 Å². The van der Waals surface area contributed by atoms with Crippen molar-refractivity contribution in [3.63, 3.8) is 0 Å². The van der Waals surface area contributed by atoms with Crippen molar-refractivity contribution in [2.45, 2.75) is 13.0 Å². The van der Waals surface area contributed by atoms with Gasteiger partial charge in [-0.25, -0.2) is 0 Å². The van der Waals surface area contributed by atoms with E-state index in [1.54, 1.807) is 0 Å². The van der Waals surface area contributed by atoms with Crippen LogP contribution >= 0.6 is 0 Å². The quantitative estimate of drug-likeness (QED) is 0.897. The molecule has 19 heavy (non-hydrogen) atoms. The van der Waals surface area contributed by atoms with Gasteiger partial charge in [-0.1, -0.05) is 36.4 Å². The van der Waals surface area contributed by atoms with Crippen LogP contribution in [-0.2, 0) is 0 Å². The number of nitrogens with two attached hydrogens (primary N) is 1.